The van der Waals surface area contributed by atoms with E-state index >= 15 is 0 Å². The van der Waals surface area contributed by atoms with Crippen molar-refractivity contribution in [3.05, 3.63) is 11.9 Å². The van der Waals surface area contributed by atoms with Crippen LogP contribution in [0.3, 0.4) is 0 Å². The SMILES string of the molecule is Br.C1=NC2=CNCNC2=N1. The van der Waals surface area contributed by atoms with Crippen molar-refractivity contribution >= 4 is 29.2 Å². The first-order valence-electron chi connectivity index (χ1n) is 2.75. The average molecular weight is 203 g/mol. The molecule has 0 bridgehead atoms. The molecule has 0 aromatic carbocycles. The minimum Gasteiger partial charge on any atom is -0.372 e. The van der Waals surface area contributed by atoms with E-state index in [1.165, 1.54) is 0 Å². The van der Waals surface area contributed by atoms with Gasteiger partial charge in [-0.15, -0.1) is 17.0 Å². The predicted octanol–water partition coefficient (Wildman–Crippen LogP) is -0.00360. The number of hydrogen-bond donors (Lipinski definition) is 2. The second kappa shape index (κ2) is 2.83. The molecule has 0 aliphatic carbocycles. The molecule has 0 fully saturated rings. The molecule has 0 aromatic rings. The van der Waals surface area contributed by atoms with Crippen LogP contribution in [-0.2, 0) is 0 Å². The van der Waals surface area contributed by atoms with Crippen LogP contribution in [0.4, 0.5) is 0 Å². The first-order chi connectivity index (χ1) is 4.47. The van der Waals surface area contributed by atoms with Gasteiger partial charge in [0.2, 0.25) is 0 Å². The molecule has 0 aromatic heterocycles. The predicted molar refractivity (Wildman–Crippen MR) is 45.5 cm³/mol. The maximum absolute atomic E-state index is 3.97. The molecule has 0 atom stereocenters. The van der Waals surface area contributed by atoms with Crippen molar-refractivity contribution in [2.75, 3.05) is 6.67 Å². The maximum atomic E-state index is 3.97. The Bertz CT molecular complexity index is 218. The number of amidine groups is 1. The molecule has 10 heavy (non-hydrogen) atoms. The van der Waals surface area contributed by atoms with Crippen LogP contribution in [0.15, 0.2) is 21.9 Å². The smallest absolute Gasteiger partial charge is 0.156 e. The molecule has 2 N–H and O–H groups in total. The molecule has 54 valence electrons. The molecule has 2 aliphatic rings. The van der Waals surface area contributed by atoms with Gasteiger partial charge < -0.3 is 10.6 Å². The van der Waals surface area contributed by atoms with Gasteiger partial charge in [0, 0.05) is 6.20 Å². The van der Waals surface area contributed by atoms with Crippen molar-refractivity contribution in [3.8, 4) is 0 Å². The third-order valence-corrected chi connectivity index (χ3v) is 1.22. The zero-order valence-electron chi connectivity index (χ0n) is 5.16. The summed E-state index contributed by atoms with van der Waals surface area (Å²) in [6.45, 7) is 0.742. The van der Waals surface area contributed by atoms with Crippen LogP contribution >= 0.6 is 17.0 Å². The Balaban J connectivity index is 0.000000500. The highest BCUT2D eigenvalue weighted by atomic mass is 79.9. The van der Waals surface area contributed by atoms with Crippen LogP contribution in [0, 0.1) is 0 Å². The molecule has 0 unspecified atom stereocenters. The van der Waals surface area contributed by atoms with Crippen molar-refractivity contribution in [2.45, 2.75) is 0 Å². The normalized spacial score (nSPS) is 19.2. The Kier molecular flexibility index (Phi) is 2.06. The van der Waals surface area contributed by atoms with Crippen LogP contribution in [0.5, 0.6) is 0 Å². The van der Waals surface area contributed by atoms with E-state index < -0.39 is 0 Å². The fraction of sp³-hybridized carbons (Fsp3) is 0.200. The lowest BCUT2D eigenvalue weighted by molar-refractivity contribution is 0.774. The van der Waals surface area contributed by atoms with E-state index in [9.17, 15) is 0 Å². The Morgan fingerprint density at radius 1 is 1.50 bits per heavy atom. The zero-order valence-corrected chi connectivity index (χ0v) is 6.88. The summed E-state index contributed by atoms with van der Waals surface area (Å²) in [7, 11) is 0. The molecular formula is C5H7BrN4. The fourth-order valence-corrected chi connectivity index (χ4v) is 0.800. The summed E-state index contributed by atoms with van der Waals surface area (Å²) in [5.74, 6) is 0.869. The van der Waals surface area contributed by atoms with E-state index in [4.69, 9.17) is 0 Å². The van der Waals surface area contributed by atoms with E-state index in [0.29, 0.717) is 0 Å². The summed E-state index contributed by atoms with van der Waals surface area (Å²) in [6, 6.07) is 0. The summed E-state index contributed by atoms with van der Waals surface area (Å²) >= 11 is 0. The van der Waals surface area contributed by atoms with Gasteiger partial charge in [0.1, 0.15) is 12.0 Å². The zero-order chi connectivity index (χ0) is 6.10. The highest BCUT2D eigenvalue weighted by Crippen LogP contribution is 2.03. The van der Waals surface area contributed by atoms with Gasteiger partial charge >= 0.3 is 0 Å². The van der Waals surface area contributed by atoms with Crippen LogP contribution in [0.2, 0.25) is 0 Å². The van der Waals surface area contributed by atoms with E-state index in [2.05, 4.69) is 20.6 Å². The second-order valence-electron chi connectivity index (χ2n) is 1.81. The van der Waals surface area contributed by atoms with Crippen LogP contribution < -0.4 is 10.6 Å². The molecule has 0 amide bonds. The molecule has 2 rings (SSSR count). The van der Waals surface area contributed by atoms with Gasteiger partial charge in [-0.25, -0.2) is 9.98 Å². The Morgan fingerprint density at radius 2 is 2.40 bits per heavy atom. The summed E-state index contributed by atoms with van der Waals surface area (Å²) in [6.07, 6.45) is 3.39. The van der Waals surface area contributed by atoms with Gasteiger partial charge in [0.15, 0.2) is 5.84 Å². The standard InChI is InChI=1S/C5H6N4.BrH/c1-4-5(8-2-6-1)9-3-7-4;/h1,3,6H,2H2,(H,7,8,9);1H. The topological polar surface area (TPSA) is 48.8 Å². The fourth-order valence-electron chi connectivity index (χ4n) is 0.800. The van der Waals surface area contributed by atoms with Crippen molar-refractivity contribution in [2.24, 2.45) is 9.98 Å². The second-order valence-corrected chi connectivity index (χ2v) is 1.81. The molecule has 0 spiro atoms. The van der Waals surface area contributed by atoms with Gasteiger partial charge in [0.25, 0.3) is 0 Å². The number of halogens is 1. The van der Waals surface area contributed by atoms with Crippen LogP contribution in [0.25, 0.3) is 0 Å². The summed E-state index contributed by atoms with van der Waals surface area (Å²) in [4.78, 5) is 7.93. The molecule has 4 nitrogen and oxygen atoms in total. The molecule has 0 saturated carbocycles. The number of rotatable bonds is 0. The lowest BCUT2D eigenvalue weighted by atomic mass is 10.4. The van der Waals surface area contributed by atoms with Gasteiger partial charge in [0.05, 0.1) is 6.67 Å². The van der Waals surface area contributed by atoms with Gasteiger partial charge in [-0.3, -0.25) is 0 Å². The van der Waals surface area contributed by atoms with Crippen molar-refractivity contribution < 1.29 is 0 Å². The third-order valence-electron chi connectivity index (χ3n) is 1.22. The Labute approximate surface area is 68.9 Å². The van der Waals surface area contributed by atoms with Crippen molar-refractivity contribution in [3.63, 3.8) is 0 Å². The van der Waals surface area contributed by atoms with Crippen LogP contribution in [-0.4, -0.2) is 18.8 Å². The molecule has 2 heterocycles. The van der Waals surface area contributed by atoms with E-state index in [0.717, 1.165) is 18.2 Å². The molecule has 5 heteroatoms. The number of nitrogens with one attached hydrogen (secondary N) is 2. The summed E-state index contributed by atoms with van der Waals surface area (Å²) in [5.41, 5.74) is 0.890. The Hall–Kier alpha value is -0.840. The average Bonchev–Trinajstić information content (AvgIpc) is 2.33. The van der Waals surface area contributed by atoms with E-state index in [1.807, 2.05) is 6.20 Å². The Morgan fingerprint density at radius 3 is 3.20 bits per heavy atom. The van der Waals surface area contributed by atoms with Crippen molar-refractivity contribution in [1.29, 1.82) is 0 Å². The molecule has 0 radical (unpaired) electrons. The highest BCUT2D eigenvalue weighted by molar-refractivity contribution is 8.93. The lowest BCUT2D eigenvalue weighted by Crippen LogP contribution is -2.36. The van der Waals surface area contributed by atoms with Gasteiger partial charge in [-0.2, -0.15) is 0 Å². The van der Waals surface area contributed by atoms with Gasteiger partial charge in [-0.05, 0) is 0 Å². The number of hydrogen-bond acceptors (Lipinski definition) is 4. The van der Waals surface area contributed by atoms with Gasteiger partial charge in [-0.1, -0.05) is 0 Å². The largest absolute Gasteiger partial charge is 0.372 e. The van der Waals surface area contributed by atoms with E-state index in [-0.39, 0.29) is 17.0 Å². The number of aliphatic imine (C=N–C) groups is 2. The minimum atomic E-state index is 0. The first-order valence-corrected chi connectivity index (χ1v) is 2.75. The molecule has 0 saturated heterocycles. The summed E-state index contributed by atoms with van der Waals surface area (Å²) < 4.78 is 0. The first kappa shape index (κ1) is 7.27. The number of nitrogens with zero attached hydrogens (tertiary/aromatic N) is 2. The number of fused-ring (bicyclic) bond motifs is 1. The minimum absolute atomic E-state index is 0. The maximum Gasteiger partial charge on any atom is 0.156 e. The van der Waals surface area contributed by atoms with E-state index in [1.54, 1.807) is 6.34 Å². The monoisotopic (exact) mass is 202 g/mol. The van der Waals surface area contributed by atoms with Crippen molar-refractivity contribution in [1.82, 2.24) is 10.6 Å². The molecular weight excluding hydrogens is 196 g/mol. The van der Waals surface area contributed by atoms with Crippen LogP contribution in [0.1, 0.15) is 0 Å². The molecule has 2 aliphatic heterocycles. The highest BCUT2D eigenvalue weighted by Gasteiger charge is 2.11. The summed E-state index contributed by atoms with van der Waals surface area (Å²) in [5, 5.41) is 6.02. The quantitative estimate of drug-likeness (QED) is 0.582. The lowest BCUT2D eigenvalue weighted by Gasteiger charge is -2.11. The third kappa shape index (κ3) is 1.04.